The second kappa shape index (κ2) is 7.87. The van der Waals surface area contributed by atoms with Crippen molar-refractivity contribution in [1.29, 1.82) is 0 Å². The summed E-state index contributed by atoms with van der Waals surface area (Å²) < 4.78 is 32.1. The van der Waals surface area contributed by atoms with Crippen LogP contribution in [0.2, 0.25) is 0 Å². The number of anilines is 1. The molecule has 26 heavy (non-hydrogen) atoms. The molecule has 8 nitrogen and oxygen atoms in total. The minimum atomic E-state index is -3.41. The first-order valence-corrected chi connectivity index (χ1v) is 10.6. The van der Waals surface area contributed by atoms with Crippen LogP contribution in [0.4, 0.5) is 5.82 Å². The largest absolute Gasteiger partial charge is 0.360 e. The molecule has 0 atom stereocenters. The maximum atomic E-state index is 12.6. The second-order valence-electron chi connectivity index (χ2n) is 6.23. The summed E-state index contributed by atoms with van der Waals surface area (Å²) in [6.07, 6.45) is 0.322. The summed E-state index contributed by atoms with van der Waals surface area (Å²) in [7, 11) is -3.41. The fourth-order valence-corrected chi connectivity index (χ4v) is 5.62. The van der Waals surface area contributed by atoms with Crippen molar-refractivity contribution in [3.63, 3.8) is 0 Å². The molecular formula is C16H22N4O4S2. The lowest BCUT2D eigenvalue weighted by Gasteiger charge is -2.33. The molecule has 1 aliphatic rings. The summed E-state index contributed by atoms with van der Waals surface area (Å²) in [5.74, 6) is 0.913. The van der Waals surface area contributed by atoms with Gasteiger partial charge in [0.15, 0.2) is 5.82 Å². The van der Waals surface area contributed by atoms with Gasteiger partial charge in [0, 0.05) is 50.1 Å². The number of nitrogens with one attached hydrogen (secondary N) is 1. The van der Waals surface area contributed by atoms with Crippen molar-refractivity contribution in [3.05, 3.63) is 28.8 Å². The first-order valence-electron chi connectivity index (χ1n) is 8.37. The van der Waals surface area contributed by atoms with Gasteiger partial charge in [0.05, 0.1) is 0 Å². The van der Waals surface area contributed by atoms with Gasteiger partial charge in [-0.2, -0.15) is 4.31 Å². The zero-order valence-electron chi connectivity index (χ0n) is 14.8. The molecule has 1 N–H and O–H groups in total. The third-order valence-corrected chi connectivity index (χ3v) is 7.56. The standard InChI is InChI=1S/C16H22N4O4S2/c1-12-11-14(18-24-12)17-15(21)5-6-19-7-9-20(10-8-19)26(22,23)16-4-3-13(2)25-16/h3-4,11H,5-10H2,1-2H3,(H,17,18,21). The Bertz CT molecular complexity index is 866. The van der Waals surface area contributed by atoms with Crippen LogP contribution in [-0.4, -0.2) is 61.4 Å². The number of aryl methyl sites for hydroxylation is 2. The van der Waals surface area contributed by atoms with Gasteiger partial charge in [-0.3, -0.25) is 4.79 Å². The molecule has 3 rings (SSSR count). The van der Waals surface area contributed by atoms with E-state index in [1.54, 1.807) is 19.1 Å². The molecule has 2 aromatic heterocycles. The molecule has 0 bridgehead atoms. The number of nitrogens with zero attached hydrogens (tertiary/aromatic N) is 3. The van der Waals surface area contributed by atoms with Crippen molar-refractivity contribution in [1.82, 2.24) is 14.4 Å². The van der Waals surface area contributed by atoms with Gasteiger partial charge in [-0.1, -0.05) is 5.16 Å². The highest BCUT2D eigenvalue weighted by Gasteiger charge is 2.29. The van der Waals surface area contributed by atoms with Crippen LogP contribution < -0.4 is 5.32 Å². The Kier molecular flexibility index (Phi) is 5.76. The van der Waals surface area contributed by atoms with E-state index in [4.69, 9.17) is 4.52 Å². The second-order valence-corrected chi connectivity index (χ2v) is 9.68. The van der Waals surface area contributed by atoms with Crippen molar-refractivity contribution in [2.24, 2.45) is 0 Å². The minimum absolute atomic E-state index is 0.137. The Morgan fingerprint density at radius 2 is 2.00 bits per heavy atom. The molecule has 0 spiro atoms. The lowest BCUT2D eigenvalue weighted by molar-refractivity contribution is -0.116. The first-order chi connectivity index (χ1) is 12.3. The summed E-state index contributed by atoms with van der Waals surface area (Å²) in [5.41, 5.74) is 0. The van der Waals surface area contributed by atoms with Crippen LogP contribution in [0.5, 0.6) is 0 Å². The molecule has 3 heterocycles. The average molecular weight is 399 g/mol. The molecule has 1 fully saturated rings. The number of aromatic nitrogens is 1. The van der Waals surface area contributed by atoms with Crippen LogP contribution in [0.1, 0.15) is 17.1 Å². The van der Waals surface area contributed by atoms with E-state index in [2.05, 4.69) is 15.4 Å². The monoisotopic (exact) mass is 398 g/mol. The highest BCUT2D eigenvalue weighted by atomic mass is 32.2. The van der Waals surface area contributed by atoms with Gasteiger partial charge in [0.25, 0.3) is 10.0 Å². The van der Waals surface area contributed by atoms with E-state index in [1.807, 2.05) is 13.0 Å². The molecule has 0 saturated carbocycles. The number of carbonyl (C=O) groups excluding carboxylic acids is 1. The lowest BCUT2D eigenvalue weighted by Crippen LogP contribution is -2.48. The van der Waals surface area contributed by atoms with Gasteiger partial charge in [-0.05, 0) is 26.0 Å². The molecule has 2 aromatic rings. The molecule has 142 valence electrons. The number of rotatable bonds is 6. The molecule has 0 aliphatic carbocycles. The fraction of sp³-hybridized carbons (Fsp3) is 0.500. The molecular weight excluding hydrogens is 376 g/mol. The van der Waals surface area contributed by atoms with Crippen molar-refractivity contribution in [2.45, 2.75) is 24.5 Å². The van der Waals surface area contributed by atoms with E-state index >= 15 is 0 Å². The summed E-state index contributed by atoms with van der Waals surface area (Å²) in [4.78, 5) is 15.0. The van der Waals surface area contributed by atoms with E-state index in [9.17, 15) is 13.2 Å². The molecule has 1 aliphatic heterocycles. The summed E-state index contributed by atoms with van der Waals surface area (Å²) >= 11 is 1.30. The van der Waals surface area contributed by atoms with Crippen molar-refractivity contribution < 1.29 is 17.7 Å². The lowest BCUT2D eigenvalue weighted by atomic mass is 10.3. The first kappa shape index (κ1) is 19.0. The number of hydrogen-bond acceptors (Lipinski definition) is 7. The highest BCUT2D eigenvalue weighted by molar-refractivity contribution is 7.91. The van der Waals surface area contributed by atoms with Gasteiger partial charge < -0.3 is 14.7 Å². The predicted molar refractivity (Wildman–Crippen MR) is 98.7 cm³/mol. The molecule has 1 amide bonds. The van der Waals surface area contributed by atoms with Crippen molar-refractivity contribution in [3.8, 4) is 0 Å². The van der Waals surface area contributed by atoms with Crippen molar-refractivity contribution in [2.75, 3.05) is 38.0 Å². The average Bonchev–Trinajstić information content (AvgIpc) is 3.22. The minimum Gasteiger partial charge on any atom is -0.360 e. The van der Waals surface area contributed by atoms with Crippen LogP contribution in [0.25, 0.3) is 0 Å². The Morgan fingerprint density at radius 3 is 2.58 bits per heavy atom. The van der Waals surface area contributed by atoms with Gasteiger partial charge in [0.1, 0.15) is 9.97 Å². The van der Waals surface area contributed by atoms with Gasteiger partial charge in [-0.15, -0.1) is 11.3 Å². The third-order valence-electron chi connectivity index (χ3n) is 4.19. The number of amides is 1. The third kappa shape index (κ3) is 4.50. The van der Waals surface area contributed by atoms with Crippen LogP contribution >= 0.6 is 11.3 Å². The molecule has 1 saturated heterocycles. The number of carbonyl (C=O) groups is 1. The fourth-order valence-electron chi connectivity index (χ4n) is 2.76. The molecule has 0 radical (unpaired) electrons. The van der Waals surface area contributed by atoms with E-state index in [0.29, 0.717) is 54.9 Å². The molecule has 10 heteroatoms. The van der Waals surface area contributed by atoms with Gasteiger partial charge in [0.2, 0.25) is 5.91 Å². The summed E-state index contributed by atoms with van der Waals surface area (Å²) in [5, 5.41) is 6.41. The van der Waals surface area contributed by atoms with E-state index in [1.165, 1.54) is 15.6 Å². The Balaban J connectivity index is 1.46. The summed E-state index contributed by atoms with van der Waals surface area (Å²) in [6, 6.07) is 5.15. The Morgan fingerprint density at radius 1 is 1.27 bits per heavy atom. The maximum absolute atomic E-state index is 12.6. The van der Waals surface area contributed by atoms with Crippen LogP contribution in [0, 0.1) is 13.8 Å². The normalized spacial score (nSPS) is 16.7. The topological polar surface area (TPSA) is 95.8 Å². The van der Waals surface area contributed by atoms with Crippen LogP contribution in [0.3, 0.4) is 0 Å². The Labute approximate surface area is 156 Å². The summed E-state index contributed by atoms with van der Waals surface area (Å²) in [6.45, 7) is 6.32. The number of piperazine rings is 1. The quantitative estimate of drug-likeness (QED) is 0.796. The van der Waals surface area contributed by atoms with E-state index in [-0.39, 0.29) is 5.91 Å². The van der Waals surface area contributed by atoms with Crippen LogP contribution in [-0.2, 0) is 14.8 Å². The zero-order chi connectivity index (χ0) is 18.7. The molecule has 0 aromatic carbocycles. The number of hydrogen-bond donors (Lipinski definition) is 1. The van der Waals surface area contributed by atoms with Gasteiger partial charge in [-0.25, -0.2) is 8.42 Å². The van der Waals surface area contributed by atoms with E-state index < -0.39 is 10.0 Å². The highest BCUT2D eigenvalue weighted by Crippen LogP contribution is 2.25. The number of thiophene rings is 1. The maximum Gasteiger partial charge on any atom is 0.252 e. The Hall–Kier alpha value is -1.75. The number of sulfonamides is 1. The smallest absolute Gasteiger partial charge is 0.252 e. The van der Waals surface area contributed by atoms with E-state index in [0.717, 1.165) is 4.88 Å². The SMILES string of the molecule is Cc1cc(NC(=O)CCN2CCN(S(=O)(=O)c3ccc(C)s3)CC2)no1. The molecule has 0 unspecified atom stereocenters. The van der Waals surface area contributed by atoms with Crippen molar-refractivity contribution >= 4 is 33.1 Å². The van der Waals surface area contributed by atoms with Gasteiger partial charge >= 0.3 is 0 Å². The predicted octanol–water partition coefficient (Wildman–Crippen LogP) is 1.69. The van der Waals surface area contributed by atoms with Crippen LogP contribution in [0.15, 0.2) is 26.9 Å². The zero-order valence-corrected chi connectivity index (χ0v) is 16.4.